The van der Waals surface area contributed by atoms with E-state index in [-0.39, 0.29) is 24.0 Å². The van der Waals surface area contributed by atoms with Gasteiger partial charge >= 0.3 is 6.03 Å². The van der Waals surface area contributed by atoms with Crippen LogP contribution in [0.2, 0.25) is 0 Å². The smallest absolute Gasteiger partial charge is 0.321 e. The second-order valence-corrected chi connectivity index (χ2v) is 12.7. The van der Waals surface area contributed by atoms with Crippen LogP contribution >= 0.6 is 0 Å². The molecule has 0 bridgehead atoms. The van der Waals surface area contributed by atoms with E-state index in [1.165, 1.54) is 11.1 Å². The number of hydrogen-bond acceptors (Lipinski definition) is 3. The molecular formula is C42H43N3O3. The maximum absolute atomic E-state index is 14.8. The van der Waals surface area contributed by atoms with Crippen molar-refractivity contribution in [1.29, 1.82) is 0 Å². The Morgan fingerprint density at radius 2 is 1.19 bits per heavy atom. The third-order valence-corrected chi connectivity index (χ3v) is 9.43. The van der Waals surface area contributed by atoms with Crippen LogP contribution in [0.5, 0.6) is 5.75 Å². The number of urea groups is 1. The third kappa shape index (κ3) is 8.13. The summed E-state index contributed by atoms with van der Waals surface area (Å²) in [4.78, 5) is 30.9. The number of ether oxygens (including phenoxy) is 1. The lowest BCUT2D eigenvalue weighted by Gasteiger charge is -2.51. The molecule has 1 saturated heterocycles. The van der Waals surface area contributed by atoms with Gasteiger partial charge in [0.25, 0.3) is 0 Å². The average Bonchev–Trinajstić information content (AvgIpc) is 3.12. The number of primary amides is 1. The molecular weight excluding hydrogens is 594 g/mol. The number of carbonyl (C=O) groups is 2. The number of nitrogens with two attached hydrogens (primary N) is 1. The van der Waals surface area contributed by atoms with Gasteiger partial charge in [-0.2, -0.15) is 0 Å². The highest BCUT2D eigenvalue weighted by Crippen LogP contribution is 2.35. The van der Waals surface area contributed by atoms with Crippen molar-refractivity contribution in [2.24, 2.45) is 11.7 Å². The molecule has 3 amide bonds. The first-order valence-electron chi connectivity index (χ1n) is 16.7. The highest BCUT2D eigenvalue weighted by atomic mass is 16.5. The maximum Gasteiger partial charge on any atom is 0.321 e. The van der Waals surface area contributed by atoms with E-state index < -0.39 is 5.91 Å². The number of aryl methyl sites for hydroxylation is 1. The van der Waals surface area contributed by atoms with Gasteiger partial charge < -0.3 is 20.3 Å². The molecule has 5 aromatic carbocycles. The van der Waals surface area contributed by atoms with Crippen LogP contribution in [-0.2, 0) is 32.5 Å². The van der Waals surface area contributed by atoms with Gasteiger partial charge in [0.15, 0.2) is 0 Å². The summed E-state index contributed by atoms with van der Waals surface area (Å²) < 4.78 is 6.16. The summed E-state index contributed by atoms with van der Waals surface area (Å²) in [6, 6.07) is 46.4. The lowest BCUT2D eigenvalue weighted by molar-refractivity contribution is 0.0185. The van der Waals surface area contributed by atoms with Crippen LogP contribution in [0.1, 0.15) is 51.5 Å². The van der Waals surface area contributed by atoms with Gasteiger partial charge in [0, 0.05) is 30.7 Å². The summed E-state index contributed by atoms with van der Waals surface area (Å²) in [5.74, 6) is 0.451. The van der Waals surface area contributed by atoms with Crippen LogP contribution in [0, 0.1) is 5.92 Å². The van der Waals surface area contributed by atoms with Crippen molar-refractivity contribution in [3.05, 3.63) is 173 Å². The molecule has 0 radical (unpaired) electrons. The molecule has 2 N–H and O–H groups in total. The monoisotopic (exact) mass is 637 g/mol. The van der Waals surface area contributed by atoms with Crippen LogP contribution in [0.15, 0.2) is 140 Å². The van der Waals surface area contributed by atoms with Gasteiger partial charge in [0.2, 0.25) is 5.91 Å². The second kappa shape index (κ2) is 15.5. The molecule has 0 unspecified atom stereocenters. The number of benzene rings is 5. The van der Waals surface area contributed by atoms with E-state index >= 15 is 0 Å². The summed E-state index contributed by atoms with van der Waals surface area (Å²) in [6.07, 6.45) is 2.44. The molecule has 1 heterocycles. The van der Waals surface area contributed by atoms with Crippen molar-refractivity contribution in [1.82, 2.24) is 9.80 Å². The van der Waals surface area contributed by atoms with Crippen molar-refractivity contribution >= 4 is 11.9 Å². The molecule has 5 aromatic rings. The molecule has 1 aliphatic rings. The summed E-state index contributed by atoms with van der Waals surface area (Å²) in [5.41, 5.74) is 11.5. The molecule has 244 valence electrons. The fourth-order valence-electron chi connectivity index (χ4n) is 6.86. The SMILES string of the molecule is C[C@@H]1[C@@H](CCc2ccccc2)N(Cc2cccc(C(N)=O)c2)C(=O)N(Cc2cccc(OCc3ccccc3)c2)[C@@H]1Cc1ccccc1. The van der Waals surface area contributed by atoms with Crippen molar-refractivity contribution in [2.75, 3.05) is 0 Å². The summed E-state index contributed by atoms with van der Waals surface area (Å²) in [5, 5.41) is 0. The minimum Gasteiger partial charge on any atom is -0.489 e. The lowest BCUT2D eigenvalue weighted by atomic mass is 9.82. The van der Waals surface area contributed by atoms with E-state index in [9.17, 15) is 9.59 Å². The van der Waals surface area contributed by atoms with Crippen molar-refractivity contribution in [2.45, 2.75) is 58.0 Å². The Balaban J connectivity index is 1.32. The Morgan fingerprint density at radius 3 is 1.83 bits per heavy atom. The van der Waals surface area contributed by atoms with E-state index in [0.717, 1.165) is 41.7 Å². The first-order chi connectivity index (χ1) is 23.4. The predicted octanol–water partition coefficient (Wildman–Crippen LogP) is 8.05. The molecule has 0 aromatic heterocycles. The molecule has 48 heavy (non-hydrogen) atoms. The van der Waals surface area contributed by atoms with Gasteiger partial charge in [-0.25, -0.2) is 4.79 Å². The van der Waals surface area contributed by atoms with E-state index in [1.54, 1.807) is 6.07 Å². The fourth-order valence-corrected chi connectivity index (χ4v) is 6.86. The largest absolute Gasteiger partial charge is 0.489 e. The summed E-state index contributed by atoms with van der Waals surface area (Å²) in [6.45, 7) is 3.60. The molecule has 1 aliphatic heterocycles. The van der Waals surface area contributed by atoms with Crippen LogP contribution in [0.25, 0.3) is 0 Å². The number of nitrogens with zero attached hydrogens (tertiary/aromatic N) is 2. The lowest BCUT2D eigenvalue weighted by Crippen LogP contribution is -2.62. The minimum atomic E-state index is -0.477. The van der Waals surface area contributed by atoms with Gasteiger partial charge in [-0.15, -0.1) is 0 Å². The van der Waals surface area contributed by atoms with E-state index in [2.05, 4.69) is 61.5 Å². The van der Waals surface area contributed by atoms with Gasteiger partial charge in [-0.1, -0.05) is 122 Å². The molecule has 6 rings (SSSR count). The first kappa shape index (κ1) is 32.6. The fraction of sp³-hybridized carbons (Fsp3) is 0.238. The molecule has 0 saturated carbocycles. The number of hydrogen-bond donors (Lipinski definition) is 1. The highest BCUT2D eigenvalue weighted by molar-refractivity contribution is 5.92. The van der Waals surface area contributed by atoms with Crippen LogP contribution in [0.4, 0.5) is 4.79 Å². The zero-order valence-corrected chi connectivity index (χ0v) is 27.5. The van der Waals surface area contributed by atoms with Crippen LogP contribution in [0.3, 0.4) is 0 Å². The molecule has 0 aliphatic carbocycles. The Hall–Kier alpha value is -5.36. The summed E-state index contributed by atoms with van der Waals surface area (Å²) >= 11 is 0. The number of rotatable bonds is 13. The Labute approximate surface area is 283 Å². The van der Waals surface area contributed by atoms with E-state index in [1.807, 2.05) is 88.7 Å². The standard InChI is InChI=1S/C42H43N3O3/c1-31-39(24-23-32-13-5-2-6-14-32)44(28-35-19-11-21-37(25-35)41(43)46)42(47)45(40(31)27-33-15-7-3-8-16-33)29-36-20-12-22-38(26-36)48-30-34-17-9-4-10-18-34/h2-22,25-26,31,39-40H,23-24,27-30H2,1H3,(H2,43,46)/t31-,39-,40-/m1/s1. The predicted molar refractivity (Wildman–Crippen MR) is 190 cm³/mol. The van der Waals surface area contributed by atoms with Crippen LogP contribution in [-0.4, -0.2) is 33.8 Å². The maximum atomic E-state index is 14.8. The quantitative estimate of drug-likeness (QED) is 0.142. The Morgan fingerprint density at radius 1 is 0.646 bits per heavy atom. The normalized spacial score (nSPS) is 17.7. The zero-order valence-electron chi connectivity index (χ0n) is 27.5. The van der Waals surface area contributed by atoms with E-state index in [0.29, 0.717) is 25.3 Å². The van der Waals surface area contributed by atoms with Gasteiger partial charge in [0.1, 0.15) is 12.4 Å². The second-order valence-electron chi connectivity index (χ2n) is 12.7. The molecule has 1 fully saturated rings. The Kier molecular flexibility index (Phi) is 10.5. The first-order valence-corrected chi connectivity index (χ1v) is 16.7. The van der Waals surface area contributed by atoms with E-state index in [4.69, 9.17) is 10.5 Å². The molecule has 0 spiro atoms. The number of amides is 3. The minimum absolute atomic E-state index is 0.00724. The Bertz CT molecular complexity index is 1800. The average molecular weight is 638 g/mol. The van der Waals surface area contributed by atoms with Crippen LogP contribution < -0.4 is 10.5 Å². The van der Waals surface area contributed by atoms with Crippen molar-refractivity contribution in [3.63, 3.8) is 0 Å². The summed E-state index contributed by atoms with van der Waals surface area (Å²) in [7, 11) is 0. The van der Waals surface area contributed by atoms with Crippen molar-refractivity contribution < 1.29 is 14.3 Å². The molecule has 6 heteroatoms. The third-order valence-electron chi connectivity index (χ3n) is 9.43. The topological polar surface area (TPSA) is 75.9 Å². The van der Waals surface area contributed by atoms with Crippen molar-refractivity contribution in [3.8, 4) is 5.75 Å². The molecule has 6 nitrogen and oxygen atoms in total. The van der Waals surface area contributed by atoms with Gasteiger partial charge in [0.05, 0.1) is 0 Å². The molecule has 3 atom stereocenters. The van der Waals surface area contributed by atoms with Gasteiger partial charge in [-0.3, -0.25) is 4.79 Å². The van der Waals surface area contributed by atoms with Gasteiger partial charge in [-0.05, 0) is 77.3 Å². The highest BCUT2D eigenvalue weighted by Gasteiger charge is 2.44. The number of carbonyl (C=O) groups excluding carboxylic acids is 2. The zero-order chi connectivity index (χ0) is 33.3.